The van der Waals surface area contributed by atoms with Crippen molar-refractivity contribution in [3.8, 4) is 0 Å². The van der Waals surface area contributed by atoms with E-state index >= 15 is 0 Å². The molecule has 0 saturated carbocycles. The molecule has 2 atom stereocenters. The van der Waals surface area contributed by atoms with E-state index in [2.05, 4.69) is 16.3 Å². The largest absolute Gasteiger partial charge is 0.330 e. The van der Waals surface area contributed by atoms with Crippen LogP contribution < -0.4 is 11.1 Å². The van der Waals surface area contributed by atoms with Gasteiger partial charge in [-0.1, -0.05) is 12.1 Å². The highest BCUT2D eigenvalue weighted by Gasteiger charge is 2.39. The molecule has 3 aliphatic heterocycles. The number of carbonyl (C=O) groups excluding carboxylic acids is 3. The zero-order valence-electron chi connectivity index (χ0n) is 15.4. The Morgan fingerprint density at radius 3 is 2.81 bits per heavy atom. The molecule has 144 valence electrons. The van der Waals surface area contributed by atoms with Gasteiger partial charge in [-0.05, 0) is 56.0 Å². The Morgan fingerprint density at radius 2 is 2.04 bits per heavy atom. The van der Waals surface area contributed by atoms with E-state index in [1.165, 1.54) is 12.8 Å². The summed E-state index contributed by atoms with van der Waals surface area (Å²) in [5.41, 5.74) is 8.49. The van der Waals surface area contributed by atoms with E-state index in [1.54, 1.807) is 4.90 Å². The van der Waals surface area contributed by atoms with Crippen LogP contribution >= 0.6 is 0 Å². The first-order chi connectivity index (χ1) is 13.1. The summed E-state index contributed by atoms with van der Waals surface area (Å²) < 4.78 is 0. The summed E-state index contributed by atoms with van der Waals surface area (Å²) in [6, 6.07) is 6.03. The van der Waals surface area contributed by atoms with Crippen LogP contribution in [-0.2, 0) is 22.7 Å². The Balaban J connectivity index is 1.48. The zero-order chi connectivity index (χ0) is 19.0. The fraction of sp³-hybridized carbons (Fsp3) is 0.550. The van der Waals surface area contributed by atoms with Crippen molar-refractivity contribution in [2.45, 2.75) is 57.3 Å². The van der Waals surface area contributed by atoms with Gasteiger partial charge in [0.05, 0.1) is 0 Å². The van der Waals surface area contributed by atoms with Crippen molar-refractivity contribution in [2.75, 3.05) is 13.1 Å². The predicted molar refractivity (Wildman–Crippen MR) is 99.6 cm³/mol. The normalized spacial score (nSPS) is 25.8. The molecular formula is C20H26N4O3. The van der Waals surface area contributed by atoms with Crippen LogP contribution in [0.15, 0.2) is 18.2 Å². The molecule has 0 radical (unpaired) electrons. The average Bonchev–Trinajstić information content (AvgIpc) is 3.20. The SMILES string of the molecule is NCC[C@@H]1CCCN1Cc1ccc2c(c1)C(=O)N(C1CCC(=O)NC1=O)C2. The summed E-state index contributed by atoms with van der Waals surface area (Å²) in [5, 5.41) is 2.34. The van der Waals surface area contributed by atoms with E-state index in [4.69, 9.17) is 5.73 Å². The second-order valence-electron chi connectivity index (χ2n) is 7.74. The number of nitrogens with two attached hydrogens (primary N) is 1. The molecule has 0 aromatic heterocycles. The molecule has 3 amide bonds. The van der Waals surface area contributed by atoms with Gasteiger partial charge in [0.1, 0.15) is 6.04 Å². The van der Waals surface area contributed by atoms with Crippen LogP contribution in [0.3, 0.4) is 0 Å². The number of hydrogen-bond donors (Lipinski definition) is 2. The van der Waals surface area contributed by atoms with E-state index in [9.17, 15) is 14.4 Å². The molecule has 7 heteroatoms. The van der Waals surface area contributed by atoms with Crippen LogP contribution in [0.4, 0.5) is 0 Å². The number of benzene rings is 1. The first-order valence-corrected chi connectivity index (χ1v) is 9.77. The summed E-state index contributed by atoms with van der Waals surface area (Å²) in [6.07, 6.45) is 4.06. The van der Waals surface area contributed by atoms with Gasteiger partial charge in [-0.25, -0.2) is 0 Å². The van der Waals surface area contributed by atoms with Gasteiger partial charge in [0.2, 0.25) is 11.8 Å². The van der Waals surface area contributed by atoms with Crippen molar-refractivity contribution in [1.29, 1.82) is 0 Å². The third-order valence-corrected chi connectivity index (χ3v) is 5.98. The number of rotatable bonds is 5. The minimum atomic E-state index is -0.557. The Labute approximate surface area is 158 Å². The average molecular weight is 370 g/mol. The van der Waals surface area contributed by atoms with Gasteiger partial charge in [0.15, 0.2) is 0 Å². The molecule has 27 heavy (non-hydrogen) atoms. The Morgan fingerprint density at radius 1 is 1.19 bits per heavy atom. The van der Waals surface area contributed by atoms with Crippen molar-refractivity contribution in [2.24, 2.45) is 5.73 Å². The van der Waals surface area contributed by atoms with Gasteiger partial charge in [-0.3, -0.25) is 24.6 Å². The second-order valence-corrected chi connectivity index (χ2v) is 7.74. The number of imide groups is 1. The van der Waals surface area contributed by atoms with Crippen LogP contribution in [0, 0.1) is 0 Å². The Hall–Kier alpha value is -2.25. The lowest BCUT2D eigenvalue weighted by Gasteiger charge is -2.29. The summed E-state index contributed by atoms with van der Waals surface area (Å²) >= 11 is 0. The van der Waals surface area contributed by atoms with E-state index in [0.29, 0.717) is 31.1 Å². The molecule has 2 fully saturated rings. The second kappa shape index (κ2) is 7.40. The summed E-state index contributed by atoms with van der Waals surface area (Å²) in [7, 11) is 0. The standard InChI is InChI=1S/C20H26N4O3/c21-8-7-15-2-1-9-23(15)11-13-3-4-14-12-24(20(27)16(14)10-13)17-5-6-18(25)22-19(17)26/h3-4,10,15,17H,1-2,5-9,11-12,21H2,(H,22,25,26)/t15-,17?/m0/s1. The fourth-order valence-electron chi connectivity index (χ4n) is 4.56. The number of likely N-dealkylation sites (tertiary alicyclic amines) is 1. The van der Waals surface area contributed by atoms with Crippen LogP contribution in [0.2, 0.25) is 0 Å². The zero-order valence-corrected chi connectivity index (χ0v) is 15.4. The molecule has 3 heterocycles. The lowest BCUT2D eigenvalue weighted by Crippen LogP contribution is -2.52. The first-order valence-electron chi connectivity index (χ1n) is 9.77. The molecule has 1 unspecified atom stereocenters. The topological polar surface area (TPSA) is 95.7 Å². The third-order valence-electron chi connectivity index (χ3n) is 5.98. The van der Waals surface area contributed by atoms with Gasteiger partial charge >= 0.3 is 0 Å². The number of amides is 3. The molecule has 3 aliphatic rings. The van der Waals surface area contributed by atoms with Gasteiger partial charge in [0.25, 0.3) is 5.91 Å². The quantitative estimate of drug-likeness (QED) is 0.746. The lowest BCUT2D eigenvalue weighted by atomic mass is 10.0. The Bertz CT molecular complexity index is 778. The molecule has 0 bridgehead atoms. The molecular weight excluding hydrogens is 344 g/mol. The number of fused-ring (bicyclic) bond motifs is 1. The number of nitrogens with one attached hydrogen (secondary N) is 1. The van der Waals surface area contributed by atoms with Crippen molar-refractivity contribution in [3.63, 3.8) is 0 Å². The van der Waals surface area contributed by atoms with Crippen molar-refractivity contribution in [1.82, 2.24) is 15.1 Å². The monoisotopic (exact) mass is 370 g/mol. The minimum Gasteiger partial charge on any atom is -0.330 e. The number of carbonyl (C=O) groups is 3. The van der Waals surface area contributed by atoms with Crippen LogP contribution in [-0.4, -0.2) is 52.7 Å². The predicted octanol–water partition coefficient (Wildman–Crippen LogP) is 0.761. The first kappa shape index (κ1) is 18.1. The van der Waals surface area contributed by atoms with Crippen LogP contribution in [0.25, 0.3) is 0 Å². The smallest absolute Gasteiger partial charge is 0.255 e. The summed E-state index contributed by atoms with van der Waals surface area (Å²) in [4.78, 5) is 40.5. The fourth-order valence-corrected chi connectivity index (χ4v) is 4.56. The van der Waals surface area contributed by atoms with Gasteiger partial charge in [-0.2, -0.15) is 0 Å². The molecule has 0 spiro atoms. The highest BCUT2D eigenvalue weighted by atomic mass is 16.2. The minimum absolute atomic E-state index is 0.110. The highest BCUT2D eigenvalue weighted by molar-refractivity contribution is 6.05. The van der Waals surface area contributed by atoms with Gasteiger partial charge in [-0.15, -0.1) is 0 Å². The summed E-state index contributed by atoms with van der Waals surface area (Å²) in [6.45, 7) is 3.02. The molecule has 1 aromatic rings. The summed E-state index contributed by atoms with van der Waals surface area (Å²) in [5.74, 6) is -0.740. The van der Waals surface area contributed by atoms with E-state index in [1.807, 2.05) is 12.1 Å². The molecule has 4 rings (SSSR count). The van der Waals surface area contributed by atoms with Crippen molar-refractivity contribution < 1.29 is 14.4 Å². The van der Waals surface area contributed by atoms with Gasteiger partial charge in [0, 0.05) is 31.1 Å². The maximum absolute atomic E-state index is 12.9. The number of nitrogens with zero attached hydrogens (tertiary/aromatic N) is 2. The van der Waals surface area contributed by atoms with Crippen LogP contribution in [0.1, 0.15) is 53.6 Å². The molecule has 0 aliphatic carbocycles. The van der Waals surface area contributed by atoms with Crippen LogP contribution in [0.5, 0.6) is 0 Å². The number of piperidine rings is 1. The Kier molecular flexibility index (Phi) is 4.97. The van der Waals surface area contributed by atoms with E-state index < -0.39 is 6.04 Å². The van der Waals surface area contributed by atoms with Crippen molar-refractivity contribution >= 4 is 17.7 Å². The van der Waals surface area contributed by atoms with E-state index in [0.717, 1.165) is 30.6 Å². The molecule has 1 aromatic carbocycles. The molecule has 3 N–H and O–H groups in total. The molecule has 7 nitrogen and oxygen atoms in total. The third kappa shape index (κ3) is 3.49. The maximum Gasteiger partial charge on any atom is 0.255 e. The molecule has 2 saturated heterocycles. The number of hydrogen-bond acceptors (Lipinski definition) is 5. The van der Waals surface area contributed by atoms with E-state index in [-0.39, 0.29) is 24.1 Å². The van der Waals surface area contributed by atoms with Gasteiger partial charge < -0.3 is 10.6 Å². The lowest BCUT2D eigenvalue weighted by molar-refractivity contribution is -0.136. The highest BCUT2D eigenvalue weighted by Crippen LogP contribution is 2.29. The maximum atomic E-state index is 12.9. The van der Waals surface area contributed by atoms with Crippen molar-refractivity contribution in [3.05, 3.63) is 34.9 Å².